The number of aromatic nitrogens is 1. The van der Waals surface area contributed by atoms with Gasteiger partial charge in [-0.05, 0) is 37.8 Å². The minimum Gasteiger partial charge on any atom is -0.381 e. The van der Waals surface area contributed by atoms with Crippen molar-refractivity contribution in [2.24, 2.45) is 0 Å². The first-order valence-corrected chi connectivity index (χ1v) is 10.6. The first kappa shape index (κ1) is 21.3. The van der Waals surface area contributed by atoms with Crippen LogP contribution in [0.2, 0.25) is 0 Å². The second-order valence-corrected chi connectivity index (χ2v) is 7.89. The number of nitrogens with one attached hydrogen (secondary N) is 3. The number of hydrogen-bond donors (Lipinski definition) is 3. The molecule has 2 saturated heterocycles. The van der Waals surface area contributed by atoms with Gasteiger partial charge in [-0.3, -0.25) is 0 Å². The molecule has 2 aliphatic heterocycles. The number of amides is 2. The molecule has 2 amide bonds. The van der Waals surface area contributed by atoms with Gasteiger partial charge in [0.15, 0.2) is 0 Å². The second-order valence-electron chi connectivity index (χ2n) is 7.89. The molecule has 160 valence electrons. The molecule has 7 heteroatoms. The SMILES string of the molecule is C=C(/C=C(\c1cc[nH]c1NC)N1CCC(N(C)C(=O)NC2CCOCC2)C1)CC. The van der Waals surface area contributed by atoms with E-state index in [2.05, 4.69) is 46.2 Å². The highest BCUT2D eigenvalue weighted by Crippen LogP contribution is 2.31. The Morgan fingerprint density at radius 1 is 1.41 bits per heavy atom. The molecule has 1 aromatic heterocycles. The number of carbonyl (C=O) groups excluding carboxylic acids is 1. The molecule has 0 aromatic carbocycles. The van der Waals surface area contributed by atoms with Gasteiger partial charge in [-0.2, -0.15) is 0 Å². The number of likely N-dealkylation sites (N-methyl/N-ethyl adjacent to an activating group) is 1. The average Bonchev–Trinajstić information content (AvgIpc) is 3.41. The number of allylic oxidation sites excluding steroid dienone is 2. The number of carbonyl (C=O) groups is 1. The summed E-state index contributed by atoms with van der Waals surface area (Å²) in [6, 6.07) is 2.52. The van der Waals surface area contributed by atoms with Gasteiger partial charge in [-0.25, -0.2) is 4.79 Å². The first-order chi connectivity index (χ1) is 14.0. The van der Waals surface area contributed by atoms with Crippen molar-refractivity contribution in [3.05, 3.63) is 36.1 Å². The summed E-state index contributed by atoms with van der Waals surface area (Å²) in [5.74, 6) is 0.995. The third-order valence-electron chi connectivity index (χ3n) is 5.99. The van der Waals surface area contributed by atoms with E-state index in [9.17, 15) is 4.79 Å². The van der Waals surface area contributed by atoms with Crippen LogP contribution >= 0.6 is 0 Å². The van der Waals surface area contributed by atoms with E-state index in [1.807, 2.05) is 25.2 Å². The summed E-state index contributed by atoms with van der Waals surface area (Å²) < 4.78 is 5.38. The number of anilines is 1. The van der Waals surface area contributed by atoms with Crippen LogP contribution in [0.5, 0.6) is 0 Å². The highest BCUT2D eigenvalue weighted by Gasteiger charge is 2.31. The summed E-state index contributed by atoms with van der Waals surface area (Å²) in [6.45, 7) is 9.48. The van der Waals surface area contributed by atoms with Crippen molar-refractivity contribution in [3.63, 3.8) is 0 Å². The zero-order chi connectivity index (χ0) is 20.8. The maximum atomic E-state index is 12.7. The molecule has 3 heterocycles. The third-order valence-corrected chi connectivity index (χ3v) is 5.99. The van der Waals surface area contributed by atoms with E-state index in [4.69, 9.17) is 4.74 Å². The maximum Gasteiger partial charge on any atom is 0.317 e. The van der Waals surface area contributed by atoms with Crippen molar-refractivity contribution in [2.75, 3.05) is 45.7 Å². The smallest absolute Gasteiger partial charge is 0.317 e. The van der Waals surface area contributed by atoms with Gasteiger partial charge in [0.25, 0.3) is 0 Å². The van der Waals surface area contributed by atoms with E-state index in [1.165, 1.54) is 0 Å². The van der Waals surface area contributed by atoms with Crippen LogP contribution < -0.4 is 10.6 Å². The van der Waals surface area contributed by atoms with E-state index in [0.717, 1.165) is 74.6 Å². The number of likely N-dealkylation sites (tertiary alicyclic amines) is 1. The molecule has 2 fully saturated rings. The fourth-order valence-electron chi connectivity index (χ4n) is 3.99. The highest BCUT2D eigenvalue weighted by molar-refractivity contribution is 5.76. The van der Waals surface area contributed by atoms with Crippen LogP contribution in [0, 0.1) is 0 Å². The third kappa shape index (κ3) is 5.15. The van der Waals surface area contributed by atoms with Crippen LogP contribution in [-0.2, 0) is 4.74 Å². The number of urea groups is 1. The van der Waals surface area contributed by atoms with Crippen LogP contribution in [0.3, 0.4) is 0 Å². The number of aromatic amines is 1. The molecule has 0 spiro atoms. The number of nitrogens with zero attached hydrogens (tertiary/aromatic N) is 2. The Bertz CT molecular complexity index is 735. The Kier molecular flexibility index (Phi) is 7.25. The molecule has 3 N–H and O–H groups in total. The van der Waals surface area contributed by atoms with Gasteiger partial charge in [-0.15, -0.1) is 0 Å². The topological polar surface area (TPSA) is 72.6 Å². The molecule has 29 heavy (non-hydrogen) atoms. The molecule has 2 aliphatic rings. The van der Waals surface area contributed by atoms with Crippen molar-refractivity contribution in [3.8, 4) is 0 Å². The Balaban J connectivity index is 1.68. The van der Waals surface area contributed by atoms with Crippen LogP contribution in [0.25, 0.3) is 5.70 Å². The summed E-state index contributed by atoms with van der Waals surface area (Å²) in [6.07, 6.45) is 7.77. The van der Waals surface area contributed by atoms with Crippen molar-refractivity contribution >= 4 is 17.5 Å². The fourth-order valence-corrected chi connectivity index (χ4v) is 3.99. The van der Waals surface area contributed by atoms with E-state index in [-0.39, 0.29) is 18.1 Å². The average molecular weight is 402 g/mol. The lowest BCUT2D eigenvalue weighted by Crippen LogP contribution is -2.49. The van der Waals surface area contributed by atoms with Crippen LogP contribution in [0.15, 0.2) is 30.5 Å². The molecule has 1 aromatic rings. The lowest BCUT2D eigenvalue weighted by atomic mass is 10.1. The molecule has 7 nitrogen and oxygen atoms in total. The standard InChI is InChI=1S/C22H35N5O2/c1-5-16(2)14-20(19-6-10-24-21(19)23-3)27-11-7-18(15-27)26(4)22(28)25-17-8-12-29-13-9-17/h6,10,14,17-18,23-24H,2,5,7-9,11-13,15H2,1,3-4H3,(H,25,28)/b20-14+. The van der Waals surface area contributed by atoms with Crippen molar-refractivity contribution in [2.45, 2.75) is 44.7 Å². The van der Waals surface area contributed by atoms with Gasteiger partial charge in [0.05, 0.1) is 6.04 Å². The van der Waals surface area contributed by atoms with E-state index >= 15 is 0 Å². The van der Waals surface area contributed by atoms with E-state index < -0.39 is 0 Å². The Labute approximate surface area is 174 Å². The molecular formula is C22H35N5O2. The largest absolute Gasteiger partial charge is 0.381 e. The van der Waals surface area contributed by atoms with E-state index in [0.29, 0.717) is 0 Å². The molecule has 1 unspecified atom stereocenters. The normalized spacial score (nSPS) is 20.6. The Hall–Kier alpha value is -2.41. The summed E-state index contributed by atoms with van der Waals surface area (Å²) in [7, 11) is 3.83. The predicted molar refractivity (Wildman–Crippen MR) is 118 cm³/mol. The number of rotatable bonds is 7. The number of hydrogen-bond acceptors (Lipinski definition) is 4. The van der Waals surface area contributed by atoms with Gasteiger partial charge in [0, 0.05) is 63.9 Å². The molecule has 0 bridgehead atoms. The Morgan fingerprint density at radius 2 is 2.17 bits per heavy atom. The number of H-pyrrole nitrogens is 1. The maximum absolute atomic E-state index is 12.7. The Morgan fingerprint density at radius 3 is 2.86 bits per heavy atom. The van der Waals surface area contributed by atoms with Gasteiger partial charge in [0.2, 0.25) is 0 Å². The highest BCUT2D eigenvalue weighted by atomic mass is 16.5. The van der Waals surface area contributed by atoms with Crippen LogP contribution in [-0.4, -0.2) is 73.3 Å². The first-order valence-electron chi connectivity index (χ1n) is 10.6. The minimum atomic E-state index is 0.0183. The van der Waals surface area contributed by atoms with Crippen molar-refractivity contribution < 1.29 is 9.53 Å². The molecule has 1 atom stereocenters. The van der Waals surface area contributed by atoms with Crippen LogP contribution in [0.4, 0.5) is 10.6 Å². The van der Waals surface area contributed by atoms with E-state index in [1.54, 1.807) is 0 Å². The summed E-state index contributed by atoms with van der Waals surface area (Å²) in [5.41, 5.74) is 3.39. The second kappa shape index (κ2) is 9.87. The molecule has 0 radical (unpaired) electrons. The quantitative estimate of drug-likeness (QED) is 0.613. The summed E-state index contributed by atoms with van der Waals surface area (Å²) >= 11 is 0. The summed E-state index contributed by atoms with van der Waals surface area (Å²) in [4.78, 5) is 20.2. The van der Waals surface area contributed by atoms with Crippen LogP contribution in [0.1, 0.15) is 38.2 Å². The van der Waals surface area contributed by atoms with Gasteiger partial charge < -0.3 is 30.2 Å². The summed E-state index contributed by atoms with van der Waals surface area (Å²) in [5, 5.41) is 6.40. The molecule has 0 aliphatic carbocycles. The molecule has 3 rings (SSSR count). The fraction of sp³-hybridized carbons (Fsp3) is 0.591. The zero-order valence-electron chi connectivity index (χ0n) is 18.0. The monoisotopic (exact) mass is 401 g/mol. The van der Waals surface area contributed by atoms with Crippen molar-refractivity contribution in [1.29, 1.82) is 0 Å². The van der Waals surface area contributed by atoms with Gasteiger partial charge in [0.1, 0.15) is 5.82 Å². The lowest BCUT2D eigenvalue weighted by Gasteiger charge is -2.30. The predicted octanol–water partition coefficient (Wildman–Crippen LogP) is 3.26. The van der Waals surface area contributed by atoms with Gasteiger partial charge in [-0.1, -0.05) is 19.1 Å². The zero-order valence-corrected chi connectivity index (χ0v) is 18.0. The lowest BCUT2D eigenvalue weighted by molar-refractivity contribution is 0.0778. The molecule has 0 saturated carbocycles. The van der Waals surface area contributed by atoms with Gasteiger partial charge >= 0.3 is 6.03 Å². The minimum absolute atomic E-state index is 0.0183. The number of ether oxygens (including phenoxy) is 1. The molecular weight excluding hydrogens is 366 g/mol. The van der Waals surface area contributed by atoms with Crippen molar-refractivity contribution in [1.82, 2.24) is 20.1 Å².